The zero-order valence-electron chi connectivity index (χ0n) is 23.3. The highest BCUT2D eigenvalue weighted by atomic mass is 16.6. The lowest BCUT2D eigenvalue weighted by molar-refractivity contribution is -0.306. The molecule has 6 aliphatic carbocycles. The Balaban J connectivity index is 1.35. The molecule has 0 radical (unpaired) electrons. The van der Waals surface area contributed by atoms with Crippen molar-refractivity contribution in [2.24, 2.45) is 29.1 Å². The second kappa shape index (κ2) is 7.37. The third-order valence-electron chi connectivity index (χ3n) is 12.6. The van der Waals surface area contributed by atoms with Gasteiger partial charge >= 0.3 is 0 Å². The summed E-state index contributed by atoms with van der Waals surface area (Å²) in [6.45, 7) is 6.27. The van der Waals surface area contributed by atoms with Crippen molar-refractivity contribution in [2.75, 3.05) is 7.11 Å². The van der Waals surface area contributed by atoms with Crippen LogP contribution in [0.4, 0.5) is 0 Å². The Hall–Kier alpha value is -2.04. The van der Waals surface area contributed by atoms with Gasteiger partial charge in [0.15, 0.2) is 11.5 Å². The van der Waals surface area contributed by atoms with Crippen LogP contribution in [0.1, 0.15) is 86.1 Å². The Labute approximate surface area is 226 Å². The van der Waals surface area contributed by atoms with Gasteiger partial charge in [0.1, 0.15) is 11.7 Å². The van der Waals surface area contributed by atoms with Crippen molar-refractivity contribution in [3.05, 3.63) is 58.1 Å². The average molecular weight is 515 g/mol. The van der Waals surface area contributed by atoms with Gasteiger partial charge in [-0.1, -0.05) is 48.2 Å². The molecule has 9 rings (SSSR count). The molecule has 0 amide bonds. The predicted molar refractivity (Wildman–Crippen MR) is 146 cm³/mol. The summed E-state index contributed by atoms with van der Waals surface area (Å²) in [6, 6.07) is 10.6. The lowest BCUT2D eigenvalue weighted by Gasteiger charge is -2.74. The number of hydrogen-bond acceptors (Lipinski definition) is 4. The van der Waals surface area contributed by atoms with E-state index in [1.54, 1.807) is 0 Å². The number of phenolic OH excluding ortho intramolecular Hbond substituents is 1. The molecule has 1 aliphatic heterocycles. The summed E-state index contributed by atoms with van der Waals surface area (Å²) < 4.78 is 13.6. The second-order valence-electron chi connectivity index (χ2n) is 14.3. The van der Waals surface area contributed by atoms with E-state index in [1.165, 1.54) is 47.9 Å². The number of fused-ring (bicyclic) bond motifs is 2. The molecule has 4 nitrogen and oxygen atoms in total. The molecular weight excluding hydrogens is 472 g/mol. The van der Waals surface area contributed by atoms with Crippen molar-refractivity contribution in [1.82, 2.24) is 0 Å². The average Bonchev–Trinajstić information content (AvgIpc) is 3.63. The number of aromatic hydroxyl groups is 1. The second-order valence-corrected chi connectivity index (χ2v) is 14.3. The molecule has 4 heteroatoms. The van der Waals surface area contributed by atoms with E-state index in [1.807, 2.05) is 20.1 Å². The molecule has 2 spiro atoms. The number of aliphatic hydroxyl groups is 1. The maximum Gasteiger partial charge on any atom is 0.165 e. The Morgan fingerprint density at radius 3 is 2.53 bits per heavy atom. The van der Waals surface area contributed by atoms with E-state index in [0.717, 1.165) is 49.5 Å². The van der Waals surface area contributed by atoms with Gasteiger partial charge in [-0.3, -0.25) is 0 Å². The molecule has 5 saturated carbocycles. The zero-order valence-corrected chi connectivity index (χ0v) is 23.3. The van der Waals surface area contributed by atoms with Crippen molar-refractivity contribution in [3.63, 3.8) is 0 Å². The Morgan fingerprint density at radius 1 is 1.05 bits per heavy atom. The number of hydrogen-bond donors (Lipinski definition) is 2. The minimum absolute atomic E-state index is 0.0648. The highest BCUT2D eigenvalue weighted by Gasteiger charge is 2.82. The SMILES string of the molecule is CO[C@]12CC[C@@]3(C[C@@H]1[C@](C)(O)c1cc(C)cc(C)c1)[C@H]1Cc4ccc(O)c5c4[C@@]3(CCC1CC1CC1)[C@H]2O5. The summed E-state index contributed by atoms with van der Waals surface area (Å²) in [5.41, 5.74) is 4.31. The molecule has 8 atom stereocenters. The first-order valence-electron chi connectivity index (χ1n) is 15.0. The largest absolute Gasteiger partial charge is 0.504 e. The molecule has 202 valence electrons. The Bertz CT molecular complexity index is 1320. The van der Waals surface area contributed by atoms with E-state index in [4.69, 9.17) is 9.47 Å². The van der Waals surface area contributed by atoms with Gasteiger partial charge in [-0.2, -0.15) is 0 Å². The third kappa shape index (κ3) is 2.65. The van der Waals surface area contributed by atoms with E-state index >= 15 is 0 Å². The summed E-state index contributed by atoms with van der Waals surface area (Å²) in [6.07, 6.45) is 10.4. The van der Waals surface area contributed by atoms with Crippen molar-refractivity contribution in [3.8, 4) is 11.5 Å². The van der Waals surface area contributed by atoms with E-state index in [-0.39, 0.29) is 28.6 Å². The number of aryl methyl sites for hydroxylation is 2. The highest BCUT2D eigenvalue weighted by molar-refractivity contribution is 5.63. The van der Waals surface area contributed by atoms with Crippen LogP contribution in [0.5, 0.6) is 11.5 Å². The van der Waals surface area contributed by atoms with Crippen LogP contribution >= 0.6 is 0 Å². The first-order chi connectivity index (χ1) is 18.2. The number of ether oxygens (including phenoxy) is 2. The fourth-order valence-corrected chi connectivity index (χ4v) is 11.1. The van der Waals surface area contributed by atoms with Gasteiger partial charge in [-0.05, 0) is 106 Å². The van der Waals surface area contributed by atoms with Crippen LogP contribution in [-0.4, -0.2) is 29.0 Å². The fraction of sp³-hybridized carbons (Fsp3) is 0.647. The topological polar surface area (TPSA) is 58.9 Å². The number of rotatable bonds is 5. The molecule has 1 heterocycles. The first-order valence-corrected chi connectivity index (χ1v) is 15.0. The molecule has 1 unspecified atom stereocenters. The predicted octanol–water partition coefficient (Wildman–Crippen LogP) is 6.48. The minimum Gasteiger partial charge on any atom is -0.504 e. The van der Waals surface area contributed by atoms with Gasteiger partial charge in [0.05, 0.1) is 5.60 Å². The molecule has 2 aromatic rings. The van der Waals surface area contributed by atoms with Crippen molar-refractivity contribution in [1.29, 1.82) is 0 Å². The zero-order chi connectivity index (χ0) is 26.2. The van der Waals surface area contributed by atoms with Crippen LogP contribution in [0.3, 0.4) is 0 Å². The monoisotopic (exact) mass is 514 g/mol. The summed E-state index contributed by atoms with van der Waals surface area (Å²) >= 11 is 0. The lowest BCUT2D eigenvalue weighted by Crippen LogP contribution is -2.79. The van der Waals surface area contributed by atoms with E-state index < -0.39 is 11.2 Å². The van der Waals surface area contributed by atoms with E-state index in [0.29, 0.717) is 11.7 Å². The summed E-state index contributed by atoms with van der Waals surface area (Å²) in [5, 5.41) is 23.7. The normalized spacial score (nSPS) is 41.4. The smallest absolute Gasteiger partial charge is 0.165 e. The van der Waals surface area contributed by atoms with Crippen LogP contribution in [0.15, 0.2) is 30.3 Å². The minimum atomic E-state index is -1.05. The first kappa shape index (κ1) is 23.8. The van der Waals surface area contributed by atoms with Crippen LogP contribution in [0, 0.1) is 42.9 Å². The summed E-state index contributed by atoms with van der Waals surface area (Å²) in [7, 11) is 1.84. The Morgan fingerprint density at radius 2 is 1.82 bits per heavy atom. The maximum absolute atomic E-state index is 12.6. The molecule has 38 heavy (non-hydrogen) atoms. The molecule has 5 fully saturated rings. The quantitative estimate of drug-likeness (QED) is 0.479. The molecule has 7 aliphatic rings. The molecule has 2 aromatic carbocycles. The van der Waals surface area contributed by atoms with Crippen LogP contribution in [0.2, 0.25) is 0 Å². The Kier molecular flexibility index (Phi) is 4.62. The van der Waals surface area contributed by atoms with E-state index in [9.17, 15) is 10.2 Å². The lowest BCUT2D eigenvalue weighted by atomic mass is 9.30. The molecule has 0 saturated heterocycles. The molecule has 4 bridgehead atoms. The number of methoxy groups -OCH3 is 1. The summed E-state index contributed by atoms with van der Waals surface area (Å²) in [4.78, 5) is 0. The van der Waals surface area contributed by atoms with Crippen LogP contribution < -0.4 is 4.74 Å². The number of benzene rings is 2. The van der Waals surface area contributed by atoms with Crippen molar-refractivity contribution in [2.45, 2.75) is 101 Å². The van der Waals surface area contributed by atoms with Crippen molar-refractivity contribution < 1.29 is 19.7 Å². The van der Waals surface area contributed by atoms with E-state index in [2.05, 4.69) is 38.1 Å². The molecule has 2 N–H and O–H groups in total. The van der Waals surface area contributed by atoms with Crippen LogP contribution in [0.25, 0.3) is 0 Å². The van der Waals surface area contributed by atoms with Gasteiger partial charge in [0.25, 0.3) is 0 Å². The standard InChI is InChI=1S/C34H42O4/c1-19-13-20(2)15-24(14-19)31(3,36)27-18-32-11-12-34(27,37-4)30-33(32)10-9-22(16-21-5-6-21)25(32)17-23-7-8-26(35)29(38-30)28(23)33/h7-8,13-15,21-22,25,27,30,35-36H,5-6,9-12,16-18H2,1-4H3/t22?,25-,27+,30+,31+,32+,33-,34+/m0/s1. The van der Waals surface area contributed by atoms with Crippen molar-refractivity contribution >= 4 is 0 Å². The van der Waals surface area contributed by atoms with Gasteiger partial charge in [-0.25, -0.2) is 0 Å². The third-order valence-corrected chi connectivity index (χ3v) is 12.6. The summed E-state index contributed by atoms with van der Waals surface area (Å²) in [5.74, 6) is 3.14. The fourth-order valence-electron chi connectivity index (χ4n) is 11.1. The number of phenols is 1. The highest BCUT2D eigenvalue weighted by Crippen LogP contribution is 2.80. The molecular formula is C34H42O4. The van der Waals surface area contributed by atoms with Gasteiger partial charge in [0, 0.05) is 24.0 Å². The van der Waals surface area contributed by atoms with Gasteiger partial charge in [0.2, 0.25) is 0 Å². The van der Waals surface area contributed by atoms with Gasteiger partial charge < -0.3 is 19.7 Å². The van der Waals surface area contributed by atoms with Gasteiger partial charge in [-0.15, -0.1) is 0 Å². The molecule has 0 aromatic heterocycles. The maximum atomic E-state index is 12.6. The van der Waals surface area contributed by atoms with Crippen LogP contribution in [-0.2, 0) is 22.2 Å².